The third-order valence-corrected chi connectivity index (χ3v) is 5.08. The minimum absolute atomic E-state index is 1.11. The summed E-state index contributed by atoms with van der Waals surface area (Å²) in [7, 11) is 0. The van der Waals surface area contributed by atoms with Crippen molar-refractivity contribution in [3.8, 4) is 0 Å². The summed E-state index contributed by atoms with van der Waals surface area (Å²) in [6.45, 7) is 7.75. The standard InChI is InChI=1S/C24H43N/c1-4-5-6-7-8-9-10-11-12-13-14-15-16-17-18-25-24-20-22(2)19-23(3)21-24/h19-21,25H,4-18H2,1-3H3. The van der Waals surface area contributed by atoms with Crippen LogP contribution in [0.4, 0.5) is 5.69 Å². The van der Waals surface area contributed by atoms with Gasteiger partial charge in [0.2, 0.25) is 0 Å². The van der Waals surface area contributed by atoms with Crippen LogP contribution in [0.2, 0.25) is 0 Å². The molecule has 0 radical (unpaired) electrons. The van der Waals surface area contributed by atoms with Crippen LogP contribution < -0.4 is 5.32 Å². The molecule has 0 aliphatic heterocycles. The Labute approximate surface area is 158 Å². The van der Waals surface area contributed by atoms with Crippen molar-refractivity contribution in [2.24, 2.45) is 0 Å². The van der Waals surface area contributed by atoms with Gasteiger partial charge in [-0.25, -0.2) is 0 Å². The highest BCUT2D eigenvalue weighted by atomic mass is 14.9. The van der Waals surface area contributed by atoms with Gasteiger partial charge in [-0.1, -0.05) is 96.5 Å². The van der Waals surface area contributed by atoms with Crippen LogP contribution in [0.3, 0.4) is 0 Å². The zero-order valence-electron chi connectivity index (χ0n) is 17.3. The molecule has 0 aliphatic carbocycles. The molecular formula is C24H43N. The number of hydrogen-bond acceptors (Lipinski definition) is 1. The molecule has 0 fully saturated rings. The van der Waals surface area contributed by atoms with Crippen molar-refractivity contribution in [1.82, 2.24) is 0 Å². The molecule has 1 N–H and O–H groups in total. The lowest BCUT2D eigenvalue weighted by Crippen LogP contribution is -2.01. The summed E-state index contributed by atoms with van der Waals surface area (Å²) in [5, 5.41) is 3.57. The van der Waals surface area contributed by atoms with E-state index in [0.29, 0.717) is 0 Å². The molecule has 144 valence electrons. The van der Waals surface area contributed by atoms with Gasteiger partial charge in [0.1, 0.15) is 0 Å². The van der Waals surface area contributed by atoms with Crippen molar-refractivity contribution < 1.29 is 0 Å². The second-order valence-electron chi connectivity index (χ2n) is 7.90. The van der Waals surface area contributed by atoms with E-state index in [-0.39, 0.29) is 0 Å². The molecule has 1 nitrogen and oxygen atoms in total. The molecule has 1 heteroatoms. The van der Waals surface area contributed by atoms with Gasteiger partial charge in [0.05, 0.1) is 0 Å². The molecular weight excluding hydrogens is 302 g/mol. The molecule has 25 heavy (non-hydrogen) atoms. The monoisotopic (exact) mass is 345 g/mol. The maximum atomic E-state index is 3.57. The molecule has 0 atom stereocenters. The maximum absolute atomic E-state index is 3.57. The first-order valence-electron chi connectivity index (χ1n) is 11.0. The number of rotatable bonds is 16. The van der Waals surface area contributed by atoms with Crippen molar-refractivity contribution in [2.75, 3.05) is 11.9 Å². The van der Waals surface area contributed by atoms with Crippen molar-refractivity contribution in [3.63, 3.8) is 0 Å². The third kappa shape index (κ3) is 13.0. The summed E-state index contributed by atoms with van der Waals surface area (Å²) in [5.74, 6) is 0. The average molecular weight is 346 g/mol. The Bertz CT molecular complexity index is 404. The van der Waals surface area contributed by atoms with Gasteiger partial charge < -0.3 is 5.32 Å². The molecule has 0 spiro atoms. The van der Waals surface area contributed by atoms with Crippen LogP contribution >= 0.6 is 0 Å². The zero-order chi connectivity index (χ0) is 18.2. The zero-order valence-corrected chi connectivity index (χ0v) is 17.3. The molecule has 0 aliphatic rings. The van der Waals surface area contributed by atoms with Gasteiger partial charge in [0, 0.05) is 12.2 Å². The second-order valence-corrected chi connectivity index (χ2v) is 7.90. The first kappa shape index (κ1) is 22.1. The topological polar surface area (TPSA) is 12.0 Å². The second kappa shape index (κ2) is 15.3. The number of benzene rings is 1. The van der Waals surface area contributed by atoms with Crippen LogP contribution in [-0.2, 0) is 0 Å². The van der Waals surface area contributed by atoms with E-state index in [9.17, 15) is 0 Å². The Kier molecular flexibility index (Phi) is 13.5. The first-order valence-corrected chi connectivity index (χ1v) is 11.0. The number of aryl methyl sites for hydroxylation is 2. The first-order chi connectivity index (χ1) is 12.2. The van der Waals surface area contributed by atoms with Gasteiger partial charge in [0.25, 0.3) is 0 Å². The summed E-state index contributed by atoms with van der Waals surface area (Å²) >= 11 is 0. The van der Waals surface area contributed by atoms with E-state index in [1.807, 2.05) is 0 Å². The van der Waals surface area contributed by atoms with Gasteiger partial charge in [-0.15, -0.1) is 0 Å². The van der Waals surface area contributed by atoms with Crippen LogP contribution in [0.25, 0.3) is 0 Å². The van der Waals surface area contributed by atoms with Crippen molar-refractivity contribution in [3.05, 3.63) is 29.3 Å². The molecule has 0 unspecified atom stereocenters. The lowest BCUT2D eigenvalue weighted by atomic mass is 10.0. The van der Waals surface area contributed by atoms with E-state index in [4.69, 9.17) is 0 Å². The number of anilines is 1. The van der Waals surface area contributed by atoms with Gasteiger partial charge in [-0.05, 0) is 43.5 Å². The summed E-state index contributed by atoms with van der Waals surface area (Å²) < 4.78 is 0. The number of nitrogens with one attached hydrogen (secondary N) is 1. The summed E-state index contributed by atoms with van der Waals surface area (Å²) in [6, 6.07) is 6.73. The molecule has 0 saturated heterocycles. The largest absolute Gasteiger partial charge is 0.385 e. The Morgan fingerprint density at radius 2 is 0.960 bits per heavy atom. The van der Waals surface area contributed by atoms with Crippen LogP contribution in [0.5, 0.6) is 0 Å². The Balaban J connectivity index is 1.81. The van der Waals surface area contributed by atoms with Crippen molar-refractivity contribution in [1.29, 1.82) is 0 Å². The summed E-state index contributed by atoms with van der Waals surface area (Å²) in [5.41, 5.74) is 3.99. The molecule has 1 aromatic carbocycles. The van der Waals surface area contributed by atoms with E-state index in [1.54, 1.807) is 0 Å². The molecule has 0 saturated carbocycles. The van der Waals surface area contributed by atoms with E-state index >= 15 is 0 Å². The average Bonchev–Trinajstić information content (AvgIpc) is 2.57. The van der Waals surface area contributed by atoms with Crippen LogP contribution in [0.15, 0.2) is 18.2 Å². The molecule has 0 bridgehead atoms. The fourth-order valence-corrected chi connectivity index (χ4v) is 3.63. The number of hydrogen-bond donors (Lipinski definition) is 1. The lowest BCUT2D eigenvalue weighted by molar-refractivity contribution is 0.537. The molecule has 0 amide bonds. The van der Waals surface area contributed by atoms with Gasteiger partial charge in [0.15, 0.2) is 0 Å². The maximum Gasteiger partial charge on any atom is 0.0345 e. The minimum Gasteiger partial charge on any atom is -0.385 e. The van der Waals surface area contributed by atoms with E-state index in [0.717, 1.165) is 6.54 Å². The molecule has 0 heterocycles. The molecule has 0 aromatic heterocycles. The van der Waals surface area contributed by atoms with Gasteiger partial charge >= 0.3 is 0 Å². The smallest absolute Gasteiger partial charge is 0.0345 e. The lowest BCUT2D eigenvalue weighted by Gasteiger charge is -2.08. The Hall–Kier alpha value is -0.980. The molecule has 1 aromatic rings. The predicted molar refractivity (Wildman–Crippen MR) is 115 cm³/mol. The highest BCUT2D eigenvalue weighted by molar-refractivity contribution is 5.48. The highest BCUT2D eigenvalue weighted by Crippen LogP contribution is 2.15. The van der Waals surface area contributed by atoms with Gasteiger partial charge in [-0.3, -0.25) is 0 Å². The molecule has 1 rings (SSSR count). The number of unbranched alkanes of at least 4 members (excludes halogenated alkanes) is 13. The Morgan fingerprint density at radius 3 is 1.40 bits per heavy atom. The van der Waals surface area contributed by atoms with Crippen molar-refractivity contribution in [2.45, 2.75) is 111 Å². The normalized spacial score (nSPS) is 11.0. The van der Waals surface area contributed by atoms with Crippen LogP contribution in [-0.4, -0.2) is 6.54 Å². The minimum atomic E-state index is 1.11. The SMILES string of the molecule is CCCCCCCCCCCCCCCCNc1cc(C)cc(C)c1. The van der Waals surface area contributed by atoms with Crippen LogP contribution in [0, 0.1) is 13.8 Å². The van der Waals surface area contributed by atoms with Crippen molar-refractivity contribution >= 4 is 5.69 Å². The Morgan fingerprint density at radius 1 is 0.560 bits per heavy atom. The van der Waals surface area contributed by atoms with Crippen LogP contribution in [0.1, 0.15) is 108 Å². The quantitative estimate of drug-likeness (QED) is 0.298. The predicted octanol–water partition coefficient (Wildman–Crippen LogP) is 8.20. The third-order valence-electron chi connectivity index (χ3n) is 5.08. The van der Waals surface area contributed by atoms with E-state index in [1.165, 1.54) is 107 Å². The van der Waals surface area contributed by atoms with E-state index in [2.05, 4.69) is 44.3 Å². The fourth-order valence-electron chi connectivity index (χ4n) is 3.63. The fraction of sp³-hybridized carbons (Fsp3) is 0.750. The van der Waals surface area contributed by atoms with Gasteiger partial charge in [-0.2, -0.15) is 0 Å². The highest BCUT2D eigenvalue weighted by Gasteiger charge is 1.96. The summed E-state index contributed by atoms with van der Waals surface area (Å²) in [6.07, 6.45) is 20.0. The summed E-state index contributed by atoms with van der Waals surface area (Å²) in [4.78, 5) is 0. The van der Waals surface area contributed by atoms with E-state index < -0.39 is 0 Å².